The van der Waals surface area contributed by atoms with E-state index in [9.17, 15) is 9.18 Å². The molecule has 0 aromatic carbocycles. The Morgan fingerprint density at radius 2 is 2.07 bits per heavy atom. The molecule has 0 saturated carbocycles. The molecule has 140 valence electrons. The number of halogens is 1. The molecule has 1 N–H and O–H groups in total. The first-order valence-electron chi connectivity index (χ1n) is 8.39. The van der Waals surface area contributed by atoms with Crippen molar-refractivity contribution in [3.63, 3.8) is 0 Å². The average molecular weight is 386 g/mol. The zero-order chi connectivity index (χ0) is 19.6. The summed E-state index contributed by atoms with van der Waals surface area (Å²) in [4.78, 5) is 21.3. The first-order valence-corrected chi connectivity index (χ1v) is 9.21. The van der Waals surface area contributed by atoms with Crippen LogP contribution >= 0.6 is 11.3 Å². The summed E-state index contributed by atoms with van der Waals surface area (Å²) in [6.45, 7) is 7.42. The van der Waals surface area contributed by atoms with Gasteiger partial charge in [0.2, 0.25) is 0 Å². The van der Waals surface area contributed by atoms with Gasteiger partial charge in [0.05, 0.1) is 17.6 Å². The maximum Gasteiger partial charge on any atom is 0.263 e. The van der Waals surface area contributed by atoms with Crippen LogP contribution in [-0.4, -0.2) is 27.1 Å². The number of nitrogens with zero attached hydrogens (tertiary/aromatic N) is 3. The lowest BCUT2D eigenvalue weighted by atomic mass is 10.1. The monoisotopic (exact) mass is 386 g/mol. The number of aromatic nitrogens is 3. The molecular formula is C19H19FN4O2S. The van der Waals surface area contributed by atoms with Crippen LogP contribution in [-0.2, 0) is 0 Å². The van der Waals surface area contributed by atoms with E-state index < -0.39 is 5.82 Å². The van der Waals surface area contributed by atoms with Gasteiger partial charge in [-0.15, -0.1) is 11.3 Å². The van der Waals surface area contributed by atoms with Gasteiger partial charge in [-0.2, -0.15) is 0 Å². The van der Waals surface area contributed by atoms with Crippen LogP contribution in [0.25, 0.3) is 23.5 Å². The molecule has 27 heavy (non-hydrogen) atoms. The Hall–Kier alpha value is -2.87. The molecular weight excluding hydrogens is 367 g/mol. The van der Waals surface area contributed by atoms with Gasteiger partial charge in [0, 0.05) is 11.6 Å². The number of rotatable bonds is 5. The summed E-state index contributed by atoms with van der Waals surface area (Å²) in [7, 11) is 0. The minimum Gasteiger partial charge on any atom is -0.360 e. The molecule has 0 aliphatic rings. The third-order valence-electron chi connectivity index (χ3n) is 3.71. The highest BCUT2D eigenvalue weighted by atomic mass is 32.1. The Labute approximate surface area is 160 Å². The highest BCUT2D eigenvalue weighted by Crippen LogP contribution is 2.27. The summed E-state index contributed by atoms with van der Waals surface area (Å²) < 4.78 is 18.4. The lowest BCUT2D eigenvalue weighted by molar-refractivity contribution is 0.0946. The van der Waals surface area contributed by atoms with Crippen LogP contribution in [0.3, 0.4) is 0 Å². The maximum absolute atomic E-state index is 13.1. The third-order valence-corrected chi connectivity index (χ3v) is 4.83. The molecule has 3 rings (SSSR count). The lowest BCUT2D eigenvalue weighted by Crippen LogP contribution is -2.29. The summed E-state index contributed by atoms with van der Waals surface area (Å²) >= 11 is 1.31. The highest BCUT2D eigenvalue weighted by molar-refractivity contribution is 7.14. The van der Waals surface area contributed by atoms with Crippen molar-refractivity contribution in [1.82, 2.24) is 20.4 Å². The predicted octanol–water partition coefficient (Wildman–Crippen LogP) is 4.26. The third kappa shape index (κ3) is 4.28. The van der Waals surface area contributed by atoms with Crippen molar-refractivity contribution >= 4 is 29.4 Å². The van der Waals surface area contributed by atoms with Gasteiger partial charge in [-0.25, -0.2) is 9.37 Å². The molecule has 6 nitrogen and oxygen atoms in total. The number of hydrogen-bond acceptors (Lipinski definition) is 6. The van der Waals surface area contributed by atoms with Crippen LogP contribution < -0.4 is 5.32 Å². The highest BCUT2D eigenvalue weighted by Gasteiger charge is 2.16. The molecule has 0 saturated heterocycles. The second kappa shape index (κ2) is 7.79. The largest absolute Gasteiger partial charge is 0.360 e. The van der Waals surface area contributed by atoms with E-state index >= 15 is 0 Å². The lowest BCUT2D eigenvalue weighted by Gasteiger charge is -2.06. The molecule has 3 heterocycles. The fourth-order valence-electron chi connectivity index (χ4n) is 2.46. The molecule has 0 atom stereocenters. The average Bonchev–Trinajstić information content (AvgIpc) is 3.16. The van der Waals surface area contributed by atoms with Gasteiger partial charge >= 0.3 is 0 Å². The SMILES string of the molecule is Cc1nc(C=Cc2c(-c3ccc(F)cn3)noc2C)sc1C(=O)NC(C)C. The minimum absolute atomic E-state index is 0.0587. The van der Waals surface area contributed by atoms with E-state index in [1.165, 1.54) is 17.4 Å². The molecule has 0 fully saturated rings. The van der Waals surface area contributed by atoms with Gasteiger partial charge in [0.25, 0.3) is 5.91 Å². The van der Waals surface area contributed by atoms with Crippen LogP contribution in [0, 0.1) is 19.7 Å². The second-order valence-electron chi connectivity index (χ2n) is 6.29. The molecule has 0 unspecified atom stereocenters. The molecule has 0 aliphatic carbocycles. The van der Waals surface area contributed by atoms with Crippen LogP contribution in [0.2, 0.25) is 0 Å². The molecule has 1 amide bonds. The van der Waals surface area contributed by atoms with Gasteiger partial charge in [0.15, 0.2) is 0 Å². The predicted molar refractivity (Wildman–Crippen MR) is 103 cm³/mol. The second-order valence-corrected chi connectivity index (χ2v) is 7.32. The van der Waals surface area contributed by atoms with Crippen LogP contribution in [0.1, 0.15) is 45.5 Å². The normalized spacial score (nSPS) is 11.5. The van der Waals surface area contributed by atoms with Crippen LogP contribution in [0.4, 0.5) is 4.39 Å². The van der Waals surface area contributed by atoms with Gasteiger partial charge < -0.3 is 9.84 Å². The quantitative estimate of drug-likeness (QED) is 0.709. The van der Waals surface area contributed by atoms with Crippen molar-refractivity contribution in [2.45, 2.75) is 33.7 Å². The van der Waals surface area contributed by atoms with Crippen LogP contribution in [0.5, 0.6) is 0 Å². The fourth-order valence-corrected chi connectivity index (χ4v) is 3.33. The summed E-state index contributed by atoms with van der Waals surface area (Å²) in [5, 5.41) is 7.58. The van der Waals surface area contributed by atoms with Gasteiger partial charge in [-0.05, 0) is 52.0 Å². The molecule has 8 heteroatoms. The molecule has 0 radical (unpaired) electrons. The number of pyridine rings is 1. The number of nitrogens with one attached hydrogen (secondary N) is 1. The number of hydrogen-bond donors (Lipinski definition) is 1. The smallest absolute Gasteiger partial charge is 0.263 e. The number of aryl methyl sites for hydroxylation is 2. The van der Waals surface area contributed by atoms with Gasteiger partial charge in [-0.1, -0.05) is 5.16 Å². The molecule has 0 spiro atoms. The first-order chi connectivity index (χ1) is 12.8. The summed E-state index contributed by atoms with van der Waals surface area (Å²) in [6.07, 6.45) is 4.75. The number of carbonyl (C=O) groups excluding carboxylic acids is 1. The van der Waals surface area contributed by atoms with E-state index in [-0.39, 0.29) is 11.9 Å². The number of carbonyl (C=O) groups is 1. The Morgan fingerprint density at radius 1 is 1.30 bits per heavy atom. The Balaban J connectivity index is 1.88. The topological polar surface area (TPSA) is 80.9 Å². The molecule has 3 aromatic rings. The Morgan fingerprint density at radius 3 is 2.74 bits per heavy atom. The zero-order valence-electron chi connectivity index (χ0n) is 15.4. The summed E-state index contributed by atoms with van der Waals surface area (Å²) in [5.41, 5.74) is 2.45. The van der Waals surface area contributed by atoms with Crippen molar-refractivity contribution in [3.8, 4) is 11.4 Å². The minimum atomic E-state index is -0.415. The number of amides is 1. The van der Waals surface area contributed by atoms with E-state index in [0.717, 1.165) is 11.8 Å². The van der Waals surface area contributed by atoms with Crippen molar-refractivity contribution in [2.24, 2.45) is 0 Å². The van der Waals surface area contributed by atoms with E-state index in [0.29, 0.717) is 32.7 Å². The fraction of sp³-hybridized carbons (Fsp3) is 0.263. The molecule has 0 aliphatic heterocycles. The maximum atomic E-state index is 13.1. The standard InChI is InChI=1S/C19H19FN4O2S/c1-10(2)22-19(25)18-11(3)23-16(27-18)8-6-14-12(4)26-24-17(14)15-7-5-13(20)9-21-15/h5-10H,1-4H3,(H,22,25). The van der Waals surface area contributed by atoms with Crippen molar-refractivity contribution in [3.05, 3.63) is 51.0 Å². The number of thiazole rings is 1. The van der Waals surface area contributed by atoms with Gasteiger partial charge in [-0.3, -0.25) is 9.78 Å². The van der Waals surface area contributed by atoms with E-state index in [1.54, 1.807) is 19.1 Å². The summed E-state index contributed by atoms with van der Waals surface area (Å²) in [6, 6.07) is 2.93. The van der Waals surface area contributed by atoms with E-state index in [2.05, 4.69) is 20.4 Å². The first kappa shape index (κ1) is 18.9. The van der Waals surface area contributed by atoms with E-state index in [4.69, 9.17) is 4.52 Å². The summed E-state index contributed by atoms with van der Waals surface area (Å²) in [5.74, 6) is 0.0666. The van der Waals surface area contributed by atoms with Crippen molar-refractivity contribution in [1.29, 1.82) is 0 Å². The van der Waals surface area contributed by atoms with Gasteiger partial charge in [0.1, 0.15) is 27.2 Å². The zero-order valence-corrected chi connectivity index (χ0v) is 16.2. The molecule has 0 bridgehead atoms. The van der Waals surface area contributed by atoms with Crippen LogP contribution in [0.15, 0.2) is 22.9 Å². The van der Waals surface area contributed by atoms with Crippen molar-refractivity contribution in [2.75, 3.05) is 0 Å². The van der Waals surface area contributed by atoms with E-state index in [1.807, 2.05) is 26.8 Å². The Kier molecular flexibility index (Phi) is 5.46. The molecule has 3 aromatic heterocycles. The Bertz CT molecular complexity index is 990. The van der Waals surface area contributed by atoms with Crippen molar-refractivity contribution < 1.29 is 13.7 Å².